The molecule has 1 aromatic rings. The van der Waals surface area contributed by atoms with Crippen LogP contribution < -0.4 is 4.74 Å². The standard InChI is InChI=1S/C18H22ClNO5S/c1-10(2)24-18(22)25-15-8-13-9-20(7-6-14(13)26-15)16(17(21)23-5)11(3)12(4)19/h8,10,16H,3-4,6-7,9H2,1-2,5H3. The fraction of sp³-hybridized carbons (Fsp3) is 0.444. The first-order valence-corrected chi connectivity index (χ1v) is 9.27. The van der Waals surface area contributed by atoms with Gasteiger partial charge < -0.3 is 14.2 Å². The largest absolute Gasteiger partial charge is 0.514 e. The van der Waals surface area contributed by atoms with Gasteiger partial charge in [0.25, 0.3) is 0 Å². The summed E-state index contributed by atoms with van der Waals surface area (Å²) in [5.74, 6) is -0.438. The summed E-state index contributed by atoms with van der Waals surface area (Å²) < 4.78 is 15.1. The van der Waals surface area contributed by atoms with Crippen LogP contribution in [0.15, 0.2) is 29.8 Å². The van der Waals surface area contributed by atoms with Gasteiger partial charge in [0, 0.05) is 23.0 Å². The van der Waals surface area contributed by atoms with Crippen LogP contribution in [-0.2, 0) is 27.2 Å². The zero-order chi connectivity index (χ0) is 19.4. The molecule has 0 spiro atoms. The molecular formula is C18H22ClNO5S. The summed E-state index contributed by atoms with van der Waals surface area (Å²) in [6, 6.07) is 1.09. The summed E-state index contributed by atoms with van der Waals surface area (Å²) in [4.78, 5) is 26.9. The summed E-state index contributed by atoms with van der Waals surface area (Å²) in [5.41, 5.74) is 1.39. The van der Waals surface area contributed by atoms with Gasteiger partial charge >= 0.3 is 12.1 Å². The maximum absolute atomic E-state index is 12.2. The van der Waals surface area contributed by atoms with Crippen molar-refractivity contribution in [1.29, 1.82) is 0 Å². The molecule has 0 bridgehead atoms. The predicted octanol–water partition coefficient (Wildman–Crippen LogP) is 3.88. The molecule has 0 radical (unpaired) electrons. The number of nitrogens with zero attached hydrogens (tertiary/aromatic N) is 1. The molecule has 0 aromatic carbocycles. The Hall–Kier alpha value is -1.83. The number of ether oxygens (including phenoxy) is 3. The van der Waals surface area contributed by atoms with Gasteiger partial charge in [-0.05, 0) is 37.5 Å². The highest BCUT2D eigenvalue weighted by molar-refractivity contribution is 7.14. The minimum absolute atomic E-state index is 0.219. The first kappa shape index (κ1) is 20.5. The van der Waals surface area contributed by atoms with Crippen LogP contribution in [0.5, 0.6) is 5.06 Å². The van der Waals surface area contributed by atoms with Gasteiger partial charge in [0.2, 0.25) is 0 Å². The lowest BCUT2D eigenvalue weighted by Crippen LogP contribution is -2.45. The summed E-state index contributed by atoms with van der Waals surface area (Å²) in [6.45, 7) is 12.1. The van der Waals surface area contributed by atoms with Crippen molar-refractivity contribution in [2.75, 3.05) is 13.7 Å². The number of esters is 1. The van der Waals surface area contributed by atoms with Gasteiger partial charge in [-0.1, -0.05) is 24.8 Å². The Balaban J connectivity index is 2.15. The lowest BCUT2D eigenvalue weighted by Gasteiger charge is -2.33. The van der Waals surface area contributed by atoms with Crippen molar-refractivity contribution in [3.63, 3.8) is 0 Å². The van der Waals surface area contributed by atoms with Crippen LogP contribution in [0.3, 0.4) is 0 Å². The van der Waals surface area contributed by atoms with Crippen LogP contribution in [0.2, 0.25) is 0 Å². The first-order valence-electron chi connectivity index (χ1n) is 8.08. The highest BCUT2D eigenvalue weighted by Crippen LogP contribution is 2.35. The number of thiophene rings is 1. The molecule has 1 atom stereocenters. The Bertz CT molecular complexity index is 727. The molecular weight excluding hydrogens is 378 g/mol. The summed E-state index contributed by atoms with van der Waals surface area (Å²) in [5, 5.41) is 0.690. The van der Waals surface area contributed by atoms with Crippen molar-refractivity contribution in [3.05, 3.63) is 40.3 Å². The zero-order valence-electron chi connectivity index (χ0n) is 15.0. The number of halogens is 1. The summed E-state index contributed by atoms with van der Waals surface area (Å²) in [6.07, 6.45) is -0.268. The average molecular weight is 400 g/mol. The molecule has 26 heavy (non-hydrogen) atoms. The molecule has 2 heterocycles. The number of hydrogen-bond donors (Lipinski definition) is 0. The molecule has 0 aliphatic carbocycles. The number of hydrogen-bond acceptors (Lipinski definition) is 7. The van der Waals surface area contributed by atoms with E-state index in [1.165, 1.54) is 18.4 Å². The van der Waals surface area contributed by atoms with Crippen molar-refractivity contribution in [3.8, 4) is 5.06 Å². The lowest BCUT2D eigenvalue weighted by atomic mass is 10.0. The molecule has 0 saturated heterocycles. The Kier molecular flexibility index (Phi) is 6.86. The smallest absolute Gasteiger partial charge is 0.468 e. The van der Waals surface area contributed by atoms with E-state index in [2.05, 4.69) is 13.2 Å². The quantitative estimate of drug-likeness (QED) is 0.534. The minimum Gasteiger partial charge on any atom is -0.468 e. The van der Waals surface area contributed by atoms with Gasteiger partial charge in [0.05, 0.1) is 13.2 Å². The molecule has 142 valence electrons. The van der Waals surface area contributed by atoms with Gasteiger partial charge in [-0.2, -0.15) is 0 Å². The van der Waals surface area contributed by atoms with Gasteiger partial charge in [-0.3, -0.25) is 4.90 Å². The SMILES string of the molecule is C=C(Cl)C(=C)C(C(=O)OC)N1CCc2sc(OC(=O)OC(C)C)cc2C1. The maximum Gasteiger partial charge on any atom is 0.514 e. The Labute approximate surface area is 162 Å². The second kappa shape index (κ2) is 8.70. The van der Waals surface area contributed by atoms with Gasteiger partial charge in [0.15, 0.2) is 5.06 Å². The Morgan fingerprint density at radius 2 is 2.04 bits per heavy atom. The molecule has 1 aliphatic rings. The second-order valence-electron chi connectivity index (χ2n) is 6.11. The Morgan fingerprint density at radius 3 is 2.62 bits per heavy atom. The number of fused-ring (bicyclic) bond motifs is 1. The third kappa shape index (κ3) is 4.87. The fourth-order valence-electron chi connectivity index (χ4n) is 2.67. The van der Waals surface area contributed by atoms with E-state index in [1.54, 1.807) is 19.9 Å². The van der Waals surface area contributed by atoms with Crippen LogP contribution in [0.1, 0.15) is 24.3 Å². The van der Waals surface area contributed by atoms with Crippen LogP contribution in [0, 0.1) is 0 Å². The van der Waals surface area contributed by atoms with E-state index >= 15 is 0 Å². The molecule has 0 amide bonds. The molecule has 6 nitrogen and oxygen atoms in total. The van der Waals surface area contributed by atoms with Crippen molar-refractivity contribution < 1.29 is 23.8 Å². The van der Waals surface area contributed by atoms with Gasteiger partial charge in [-0.25, -0.2) is 9.59 Å². The summed E-state index contributed by atoms with van der Waals surface area (Å²) >= 11 is 7.35. The lowest BCUT2D eigenvalue weighted by molar-refractivity contribution is -0.145. The number of carbonyl (C=O) groups excluding carboxylic acids is 2. The molecule has 0 fully saturated rings. The first-order chi connectivity index (χ1) is 12.2. The molecule has 1 unspecified atom stereocenters. The van der Waals surface area contributed by atoms with Gasteiger partial charge in [0.1, 0.15) is 6.04 Å². The van der Waals surface area contributed by atoms with Crippen molar-refractivity contribution in [2.24, 2.45) is 0 Å². The monoisotopic (exact) mass is 399 g/mol. The van der Waals surface area contributed by atoms with E-state index in [1.807, 2.05) is 4.90 Å². The third-order valence-electron chi connectivity index (χ3n) is 3.86. The topological polar surface area (TPSA) is 65.1 Å². The Morgan fingerprint density at radius 1 is 1.35 bits per heavy atom. The number of carbonyl (C=O) groups is 2. The normalized spacial score (nSPS) is 15.1. The number of methoxy groups -OCH3 is 1. The molecule has 0 saturated carbocycles. The van der Waals surface area contributed by atoms with Crippen molar-refractivity contribution >= 4 is 35.1 Å². The number of rotatable bonds is 6. The van der Waals surface area contributed by atoms with E-state index in [9.17, 15) is 9.59 Å². The van der Waals surface area contributed by atoms with E-state index in [0.29, 0.717) is 30.1 Å². The predicted molar refractivity (Wildman–Crippen MR) is 101 cm³/mol. The molecule has 1 aliphatic heterocycles. The van der Waals surface area contributed by atoms with Crippen molar-refractivity contribution in [1.82, 2.24) is 4.90 Å². The average Bonchev–Trinajstić information content (AvgIpc) is 2.94. The highest BCUT2D eigenvalue weighted by atomic mass is 35.5. The second-order valence-corrected chi connectivity index (χ2v) is 7.66. The fourth-order valence-corrected chi connectivity index (χ4v) is 3.77. The van der Waals surface area contributed by atoms with E-state index in [0.717, 1.165) is 10.4 Å². The summed E-state index contributed by atoms with van der Waals surface area (Å²) in [7, 11) is 1.33. The molecule has 2 rings (SSSR count). The van der Waals surface area contributed by atoms with Crippen LogP contribution in [0.4, 0.5) is 4.79 Å². The van der Waals surface area contributed by atoms with Crippen LogP contribution in [0.25, 0.3) is 0 Å². The minimum atomic E-state index is -0.727. The molecule has 1 aromatic heterocycles. The third-order valence-corrected chi connectivity index (χ3v) is 5.22. The maximum atomic E-state index is 12.2. The van der Waals surface area contributed by atoms with Crippen molar-refractivity contribution in [2.45, 2.75) is 39.0 Å². The van der Waals surface area contributed by atoms with Crippen LogP contribution >= 0.6 is 22.9 Å². The van der Waals surface area contributed by atoms with E-state index < -0.39 is 18.2 Å². The molecule has 8 heteroatoms. The zero-order valence-corrected chi connectivity index (χ0v) is 16.6. The highest BCUT2D eigenvalue weighted by Gasteiger charge is 2.33. The van der Waals surface area contributed by atoms with Crippen LogP contribution in [-0.4, -0.2) is 42.8 Å². The van der Waals surface area contributed by atoms with E-state index in [-0.39, 0.29) is 11.1 Å². The van der Waals surface area contributed by atoms with Gasteiger partial charge in [-0.15, -0.1) is 11.3 Å². The molecule has 0 N–H and O–H groups in total. The van der Waals surface area contributed by atoms with E-state index in [4.69, 9.17) is 25.8 Å².